The Bertz CT molecular complexity index is 2280. The van der Waals surface area contributed by atoms with Gasteiger partial charge in [0.25, 0.3) is 0 Å². The second-order valence-electron chi connectivity index (χ2n) is 10.2. The van der Waals surface area contributed by atoms with Crippen molar-refractivity contribution in [3.05, 3.63) is 127 Å². The van der Waals surface area contributed by atoms with Gasteiger partial charge in [0.15, 0.2) is 5.58 Å². The summed E-state index contributed by atoms with van der Waals surface area (Å²) in [5.41, 5.74) is 8.65. The Kier molecular flexibility index (Phi) is 4.30. The third-order valence-electron chi connectivity index (χ3n) is 7.99. The Morgan fingerprint density at radius 2 is 1.30 bits per heavy atom. The summed E-state index contributed by atoms with van der Waals surface area (Å²) >= 11 is 0. The molecule has 0 aliphatic carbocycles. The van der Waals surface area contributed by atoms with Gasteiger partial charge in [0.1, 0.15) is 16.8 Å². The highest BCUT2D eigenvalue weighted by Crippen LogP contribution is 2.53. The van der Waals surface area contributed by atoms with Crippen LogP contribution in [0, 0.1) is 0 Å². The van der Waals surface area contributed by atoms with E-state index in [0.717, 1.165) is 44.5 Å². The number of aromatic nitrogens is 2. The van der Waals surface area contributed by atoms with Crippen LogP contribution in [0.1, 0.15) is 0 Å². The van der Waals surface area contributed by atoms with Crippen molar-refractivity contribution in [3.63, 3.8) is 0 Å². The predicted octanol–water partition coefficient (Wildman–Crippen LogP) is 9.80. The van der Waals surface area contributed by atoms with E-state index in [1.807, 2.05) is 36.4 Å². The number of fused-ring (bicyclic) bond motifs is 7. The van der Waals surface area contributed by atoms with E-state index in [1.54, 1.807) is 0 Å². The van der Waals surface area contributed by atoms with Crippen molar-refractivity contribution in [2.75, 3.05) is 4.90 Å². The van der Waals surface area contributed by atoms with Gasteiger partial charge in [-0.2, -0.15) is 0 Å². The van der Waals surface area contributed by atoms with Crippen LogP contribution in [0.15, 0.2) is 132 Å². The minimum Gasteiger partial charge on any atom is -0.452 e. The normalized spacial score (nSPS) is 12.4. The highest BCUT2D eigenvalue weighted by Gasteiger charge is 2.30. The molecule has 3 heterocycles. The van der Waals surface area contributed by atoms with Crippen molar-refractivity contribution in [1.29, 1.82) is 0 Å². The molecule has 0 saturated heterocycles. The van der Waals surface area contributed by atoms with Crippen molar-refractivity contribution in [2.24, 2.45) is 0 Å². The quantitative estimate of drug-likeness (QED) is 0.232. The van der Waals surface area contributed by atoms with Crippen LogP contribution in [0.25, 0.3) is 66.0 Å². The molecule has 186 valence electrons. The molecule has 2 aromatic heterocycles. The number of furan rings is 1. The number of anilines is 3. The lowest BCUT2D eigenvalue weighted by molar-refractivity contribution is 0.667. The molecular formula is C36H21N3O. The fourth-order valence-corrected chi connectivity index (χ4v) is 6.24. The predicted molar refractivity (Wildman–Crippen MR) is 163 cm³/mol. The van der Waals surface area contributed by atoms with Crippen molar-refractivity contribution >= 4 is 60.9 Å². The van der Waals surface area contributed by atoms with E-state index in [1.165, 1.54) is 27.3 Å². The number of nitrogens with zero attached hydrogens (tertiary/aromatic N) is 3. The van der Waals surface area contributed by atoms with Crippen LogP contribution in [-0.4, -0.2) is 9.97 Å². The van der Waals surface area contributed by atoms with E-state index in [2.05, 4.69) is 95.9 Å². The van der Waals surface area contributed by atoms with Gasteiger partial charge in [0.05, 0.1) is 11.4 Å². The maximum absolute atomic E-state index is 6.39. The number of benzene rings is 6. The molecule has 1 aliphatic heterocycles. The van der Waals surface area contributed by atoms with E-state index in [-0.39, 0.29) is 0 Å². The first kappa shape index (κ1) is 21.5. The first-order chi connectivity index (χ1) is 19.8. The monoisotopic (exact) mass is 511 g/mol. The zero-order valence-corrected chi connectivity index (χ0v) is 21.4. The number of hydrogen-bond donors (Lipinski definition) is 0. The summed E-state index contributed by atoms with van der Waals surface area (Å²) in [7, 11) is 0. The summed E-state index contributed by atoms with van der Waals surface area (Å²) < 4.78 is 6.39. The van der Waals surface area contributed by atoms with Gasteiger partial charge in [-0.1, -0.05) is 109 Å². The first-order valence-electron chi connectivity index (χ1n) is 13.4. The lowest BCUT2D eigenvalue weighted by Crippen LogP contribution is -2.18. The van der Waals surface area contributed by atoms with Crippen LogP contribution in [-0.2, 0) is 0 Å². The molecule has 9 rings (SSSR count). The van der Waals surface area contributed by atoms with Crippen molar-refractivity contribution in [3.8, 4) is 22.4 Å². The fourth-order valence-electron chi connectivity index (χ4n) is 6.24. The Labute approximate surface area is 229 Å². The van der Waals surface area contributed by atoms with Gasteiger partial charge in [0.2, 0.25) is 5.95 Å². The third kappa shape index (κ3) is 2.90. The van der Waals surface area contributed by atoms with Gasteiger partial charge >= 0.3 is 0 Å². The zero-order chi connectivity index (χ0) is 26.2. The number of para-hydroxylation sites is 1. The highest BCUT2D eigenvalue weighted by molar-refractivity contribution is 6.18. The molecule has 0 amide bonds. The van der Waals surface area contributed by atoms with Crippen molar-refractivity contribution in [2.45, 2.75) is 0 Å². The second-order valence-corrected chi connectivity index (χ2v) is 10.2. The highest BCUT2D eigenvalue weighted by atomic mass is 16.3. The topological polar surface area (TPSA) is 42.2 Å². The standard InChI is InChI=1S/C36H21N3O/c1-2-11-24(12-3-1)32-35-33(28-16-6-7-19-30(28)40-35)38-36(37-32)39-29-18-9-14-23-13-8-17-26(31(23)29)27-21-20-22-10-4-5-15-25(22)34(27)39/h1-21H. The first-order valence-corrected chi connectivity index (χ1v) is 13.4. The summed E-state index contributed by atoms with van der Waals surface area (Å²) in [5, 5.41) is 5.71. The molecular weight excluding hydrogens is 490 g/mol. The molecule has 4 nitrogen and oxygen atoms in total. The minimum absolute atomic E-state index is 0.623. The smallest absolute Gasteiger partial charge is 0.236 e. The molecule has 0 spiro atoms. The van der Waals surface area contributed by atoms with Gasteiger partial charge < -0.3 is 4.42 Å². The molecule has 0 atom stereocenters. The van der Waals surface area contributed by atoms with Crippen LogP contribution in [0.2, 0.25) is 0 Å². The van der Waals surface area contributed by atoms with Crippen LogP contribution in [0.5, 0.6) is 0 Å². The van der Waals surface area contributed by atoms with Crippen molar-refractivity contribution < 1.29 is 4.42 Å². The SMILES string of the molecule is c1ccc(-c2nc(N3c4c(ccc5ccccc45)-c4cccc5cccc3c45)nc3c2oc2ccccc23)cc1. The Balaban J connectivity index is 1.46. The molecule has 6 aromatic carbocycles. The Morgan fingerprint density at radius 3 is 2.20 bits per heavy atom. The minimum atomic E-state index is 0.623. The van der Waals surface area contributed by atoms with E-state index in [0.29, 0.717) is 11.5 Å². The molecule has 0 saturated carbocycles. The lowest BCUT2D eigenvalue weighted by atomic mass is 9.89. The Morgan fingerprint density at radius 1 is 0.550 bits per heavy atom. The molecule has 40 heavy (non-hydrogen) atoms. The summed E-state index contributed by atoms with van der Waals surface area (Å²) in [6.07, 6.45) is 0. The maximum Gasteiger partial charge on any atom is 0.236 e. The summed E-state index contributed by atoms with van der Waals surface area (Å²) in [4.78, 5) is 12.8. The van der Waals surface area contributed by atoms with Gasteiger partial charge in [-0.15, -0.1) is 0 Å². The zero-order valence-electron chi connectivity index (χ0n) is 21.4. The second kappa shape index (κ2) is 8.01. The largest absolute Gasteiger partial charge is 0.452 e. The van der Waals surface area contributed by atoms with Gasteiger partial charge in [-0.25, -0.2) is 9.97 Å². The lowest BCUT2D eigenvalue weighted by Gasteiger charge is -2.33. The van der Waals surface area contributed by atoms with Crippen LogP contribution >= 0.6 is 0 Å². The van der Waals surface area contributed by atoms with E-state index in [9.17, 15) is 0 Å². The summed E-state index contributed by atoms with van der Waals surface area (Å²) in [5.74, 6) is 0.623. The van der Waals surface area contributed by atoms with Gasteiger partial charge in [-0.3, -0.25) is 4.90 Å². The number of rotatable bonds is 2. The molecule has 8 aromatic rings. The molecule has 0 bridgehead atoms. The van der Waals surface area contributed by atoms with Crippen LogP contribution < -0.4 is 4.90 Å². The van der Waals surface area contributed by atoms with Crippen molar-refractivity contribution in [1.82, 2.24) is 9.97 Å². The molecule has 0 N–H and O–H groups in total. The van der Waals surface area contributed by atoms with Gasteiger partial charge in [-0.05, 0) is 34.5 Å². The van der Waals surface area contributed by atoms with E-state index in [4.69, 9.17) is 14.4 Å². The molecule has 0 unspecified atom stereocenters. The third-order valence-corrected chi connectivity index (χ3v) is 7.99. The van der Waals surface area contributed by atoms with Crippen LogP contribution in [0.4, 0.5) is 17.3 Å². The Hall–Kier alpha value is -5.48. The summed E-state index contributed by atoms with van der Waals surface area (Å²) in [6, 6.07) is 44.3. The molecule has 1 aliphatic rings. The van der Waals surface area contributed by atoms with Gasteiger partial charge in [0, 0.05) is 27.3 Å². The van der Waals surface area contributed by atoms with E-state index < -0.39 is 0 Å². The molecule has 0 fully saturated rings. The average Bonchev–Trinajstić information content (AvgIpc) is 3.40. The number of hydrogen-bond acceptors (Lipinski definition) is 4. The maximum atomic E-state index is 6.39. The van der Waals surface area contributed by atoms with E-state index >= 15 is 0 Å². The fraction of sp³-hybridized carbons (Fsp3) is 0. The molecule has 0 radical (unpaired) electrons. The average molecular weight is 512 g/mol. The summed E-state index contributed by atoms with van der Waals surface area (Å²) in [6.45, 7) is 0. The van der Waals surface area contributed by atoms with Crippen LogP contribution in [0.3, 0.4) is 0 Å². The molecule has 4 heteroatoms.